The largest absolute Gasteiger partial charge is 0.371 e. The minimum atomic E-state index is -0.586. The Morgan fingerprint density at radius 2 is 1.86 bits per heavy atom. The smallest absolute Gasteiger partial charge is 0.251 e. The van der Waals surface area contributed by atoms with Crippen LogP contribution in [0.1, 0.15) is 35.6 Å². The van der Waals surface area contributed by atoms with Crippen LogP contribution in [0.15, 0.2) is 49.2 Å². The zero-order valence-electron chi connectivity index (χ0n) is 20.0. The number of amides is 1. The van der Waals surface area contributed by atoms with Gasteiger partial charge in [0.25, 0.3) is 5.91 Å². The Morgan fingerprint density at radius 3 is 2.57 bits per heavy atom. The summed E-state index contributed by atoms with van der Waals surface area (Å²) >= 11 is 0. The molecule has 4 rings (SSSR count). The topological polar surface area (TPSA) is 115 Å². The average molecular weight is 476 g/mol. The van der Waals surface area contributed by atoms with Gasteiger partial charge in [-0.2, -0.15) is 0 Å². The molecule has 0 bridgehead atoms. The van der Waals surface area contributed by atoms with Gasteiger partial charge in [-0.25, -0.2) is 24.3 Å². The van der Waals surface area contributed by atoms with Crippen LogP contribution in [0.5, 0.6) is 0 Å². The Labute approximate surface area is 202 Å². The molecule has 0 saturated carbocycles. The predicted molar refractivity (Wildman–Crippen MR) is 130 cm³/mol. The van der Waals surface area contributed by atoms with Crippen LogP contribution in [0.25, 0.3) is 22.2 Å². The van der Waals surface area contributed by atoms with Crippen LogP contribution in [0.4, 0.5) is 10.2 Å². The van der Waals surface area contributed by atoms with Gasteiger partial charge in [0, 0.05) is 56.3 Å². The zero-order chi connectivity index (χ0) is 25.0. The third-order valence-electron chi connectivity index (χ3n) is 5.76. The van der Waals surface area contributed by atoms with Gasteiger partial charge < -0.3 is 15.4 Å². The summed E-state index contributed by atoms with van der Waals surface area (Å²) in [4.78, 5) is 33.9. The molecule has 10 heteroatoms. The molecule has 0 spiro atoms. The summed E-state index contributed by atoms with van der Waals surface area (Å²) < 4.78 is 20.0. The van der Waals surface area contributed by atoms with E-state index >= 15 is 0 Å². The van der Waals surface area contributed by atoms with Crippen molar-refractivity contribution >= 4 is 22.6 Å². The summed E-state index contributed by atoms with van der Waals surface area (Å²) in [6, 6.07) is 6.38. The normalized spacial score (nSPS) is 11.5. The third-order valence-corrected chi connectivity index (χ3v) is 5.76. The van der Waals surface area contributed by atoms with Crippen LogP contribution >= 0.6 is 0 Å². The van der Waals surface area contributed by atoms with E-state index in [2.05, 4.69) is 35.6 Å². The summed E-state index contributed by atoms with van der Waals surface area (Å²) in [6.45, 7) is 4.31. The van der Waals surface area contributed by atoms with Crippen molar-refractivity contribution in [3.05, 3.63) is 72.0 Å². The lowest BCUT2D eigenvalue weighted by Gasteiger charge is -2.20. The number of nitrogens with zero attached hydrogens (tertiary/aromatic N) is 5. The van der Waals surface area contributed by atoms with Crippen LogP contribution in [-0.4, -0.2) is 51.5 Å². The van der Waals surface area contributed by atoms with Crippen molar-refractivity contribution in [3.63, 3.8) is 0 Å². The standard InChI is InChI=1S/C25H26FN7O2/c1-25(2,35-4)24-30-12-16(13-31-24)19-11-20(33-14-32-19)28-9-7-15-5-6-18(26)21-17(23(34)27-3)8-10-29-22(15)21/h5-6,8,10-14H,7,9H2,1-4H3,(H,27,34)(H,28,32,33). The molecule has 3 heterocycles. The van der Waals surface area contributed by atoms with E-state index in [0.717, 1.165) is 11.1 Å². The molecule has 35 heavy (non-hydrogen) atoms. The second-order valence-electron chi connectivity index (χ2n) is 8.34. The van der Waals surface area contributed by atoms with Crippen LogP contribution in [0.3, 0.4) is 0 Å². The molecule has 180 valence electrons. The van der Waals surface area contributed by atoms with Crippen molar-refractivity contribution in [1.29, 1.82) is 0 Å². The highest BCUT2D eigenvalue weighted by molar-refractivity contribution is 6.06. The van der Waals surface area contributed by atoms with Gasteiger partial charge in [-0.05, 0) is 38.0 Å². The number of ether oxygens (including phenoxy) is 1. The first-order chi connectivity index (χ1) is 16.8. The summed E-state index contributed by atoms with van der Waals surface area (Å²) in [5.41, 5.74) is 2.38. The number of pyridine rings is 1. The van der Waals surface area contributed by atoms with Gasteiger partial charge in [-0.15, -0.1) is 0 Å². The SMILES string of the molecule is CNC(=O)c1ccnc2c(CCNc3cc(-c4cnc(C(C)(C)OC)nc4)ncn3)ccc(F)c12. The lowest BCUT2D eigenvalue weighted by Crippen LogP contribution is -2.22. The van der Waals surface area contributed by atoms with Gasteiger partial charge in [0.1, 0.15) is 23.6 Å². The second-order valence-corrected chi connectivity index (χ2v) is 8.34. The molecule has 3 aromatic heterocycles. The number of halogens is 1. The first-order valence-corrected chi connectivity index (χ1v) is 11.1. The quantitative estimate of drug-likeness (QED) is 0.398. The Kier molecular flexibility index (Phi) is 6.92. The van der Waals surface area contributed by atoms with E-state index in [1.807, 2.05) is 19.9 Å². The first kappa shape index (κ1) is 24.1. The van der Waals surface area contributed by atoms with E-state index in [-0.39, 0.29) is 16.9 Å². The second kappa shape index (κ2) is 10.1. The molecule has 4 aromatic rings. The van der Waals surface area contributed by atoms with E-state index in [1.54, 1.807) is 25.6 Å². The number of carbonyl (C=O) groups is 1. The predicted octanol–water partition coefficient (Wildman–Crippen LogP) is 3.52. The maximum atomic E-state index is 14.6. The fraction of sp³-hybridized carbons (Fsp3) is 0.280. The van der Waals surface area contributed by atoms with E-state index in [9.17, 15) is 9.18 Å². The van der Waals surface area contributed by atoms with Crippen molar-refractivity contribution < 1.29 is 13.9 Å². The number of benzene rings is 1. The minimum absolute atomic E-state index is 0.216. The van der Waals surface area contributed by atoms with Gasteiger partial charge in [0.05, 0.1) is 16.8 Å². The lowest BCUT2D eigenvalue weighted by molar-refractivity contribution is 0.0115. The molecule has 0 fully saturated rings. The minimum Gasteiger partial charge on any atom is -0.371 e. The molecule has 0 unspecified atom stereocenters. The van der Waals surface area contributed by atoms with Gasteiger partial charge in [-0.1, -0.05) is 6.07 Å². The first-order valence-electron chi connectivity index (χ1n) is 11.1. The summed E-state index contributed by atoms with van der Waals surface area (Å²) in [7, 11) is 3.13. The molecule has 0 aliphatic heterocycles. The van der Waals surface area contributed by atoms with E-state index < -0.39 is 11.4 Å². The Bertz CT molecular complexity index is 1360. The zero-order valence-corrected chi connectivity index (χ0v) is 20.0. The van der Waals surface area contributed by atoms with Crippen LogP contribution in [0.2, 0.25) is 0 Å². The molecule has 1 amide bonds. The van der Waals surface area contributed by atoms with Crippen LogP contribution < -0.4 is 10.6 Å². The highest BCUT2D eigenvalue weighted by atomic mass is 19.1. The number of carbonyl (C=O) groups excluding carboxylic acids is 1. The molecule has 0 radical (unpaired) electrons. The number of fused-ring (bicyclic) bond motifs is 1. The summed E-state index contributed by atoms with van der Waals surface area (Å²) in [5, 5.41) is 6.02. The van der Waals surface area contributed by atoms with Crippen molar-refractivity contribution in [2.24, 2.45) is 0 Å². The van der Waals surface area contributed by atoms with Gasteiger partial charge in [0.15, 0.2) is 5.82 Å². The molecule has 9 nitrogen and oxygen atoms in total. The van der Waals surface area contributed by atoms with Crippen LogP contribution in [-0.2, 0) is 16.8 Å². The van der Waals surface area contributed by atoms with Crippen molar-refractivity contribution in [3.8, 4) is 11.3 Å². The molecule has 1 aromatic carbocycles. The molecule has 0 aliphatic rings. The average Bonchev–Trinajstić information content (AvgIpc) is 2.89. The molecular weight excluding hydrogens is 449 g/mol. The maximum absolute atomic E-state index is 14.6. The fourth-order valence-electron chi connectivity index (χ4n) is 3.61. The molecular formula is C25H26FN7O2. The number of rotatable bonds is 8. The highest BCUT2D eigenvalue weighted by Crippen LogP contribution is 2.25. The van der Waals surface area contributed by atoms with Gasteiger partial charge in [-0.3, -0.25) is 9.78 Å². The van der Waals surface area contributed by atoms with Crippen molar-refractivity contribution in [2.45, 2.75) is 25.9 Å². The molecule has 2 N–H and O–H groups in total. The van der Waals surface area contributed by atoms with Gasteiger partial charge in [0.2, 0.25) is 0 Å². The van der Waals surface area contributed by atoms with E-state index in [4.69, 9.17) is 4.74 Å². The number of hydrogen-bond acceptors (Lipinski definition) is 8. The number of methoxy groups -OCH3 is 1. The number of anilines is 1. The Balaban J connectivity index is 1.50. The van der Waals surface area contributed by atoms with E-state index in [1.165, 1.54) is 31.7 Å². The summed E-state index contributed by atoms with van der Waals surface area (Å²) in [6.07, 6.45) is 6.94. The molecule has 0 atom stereocenters. The number of hydrogen-bond donors (Lipinski definition) is 2. The third kappa shape index (κ3) is 5.07. The number of aromatic nitrogens is 5. The van der Waals surface area contributed by atoms with Crippen molar-refractivity contribution in [1.82, 2.24) is 30.2 Å². The number of nitrogens with one attached hydrogen (secondary N) is 2. The maximum Gasteiger partial charge on any atom is 0.251 e. The Hall–Kier alpha value is -4.05. The molecule has 0 aliphatic carbocycles. The highest BCUT2D eigenvalue weighted by Gasteiger charge is 2.23. The molecule has 0 saturated heterocycles. The van der Waals surface area contributed by atoms with Gasteiger partial charge >= 0.3 is 0 Å². The Morgan fingerprint density at radius 1 is 1.09 bits per heavy atom. The summed E-state index contributed by atoms with van der Waals surface area (Å²) in [5.74, 6) is 0.367. The lowest BCUT2D eigenvalue weighted by atomic mass is 10.0. The fourth-order valence-corrected chi connectivity index (χ4v) is 3.61. The van der Waals surface area contributed by atoms with E-state index in [0.29, 0.717) is 35.8 Å². The monoisotopic (exact) mass is 475 g/mol. The van der Waals surface area contributed by atoms with Crippen LogP contribution in [0, 0.1) is 5.82 Å². The van der Waals surface area contributed by atoms with Crippen molar-refractivity contribution in [2.75, 3.05) is 26.0 Å².